The summed E-state index contributed by atoms with van der Waals surface area (Å²) >= 11 is 3.12. The molecule has 13 heteroatoms. The lowest BCUT2D eigenvalue weighted by Gasteiger charge is -2.16. The van der Waals surface area contributed by atoms with Gasteiger partial charge in [-0.25, -0.2) is 14.6 Å². The first-order chi connectivity index (χ1) is 14.9. The molecule has 6 nitrogen and oxygen atoms in total. The molecule has 1 atom stereocenters. The van der Waals surface area contributed by atoms with Gasteiger partial charge >= 0.3 is 18.3 Å². The first-order valence-corrected chi connectivity index (χ1v) is 9.70. The minimum atomic E-state index is -4.88. The van der Waals surface area contributed by atoms with Crippen molar-refractivity contribution in [2.24, 2.45) is 0 Å². The normalized spacial score (nSPS) is 13.1. The molecule has 0 fully saturated rings. The summed E-state index contributed by atoms with van der Waals surface area (Å²) in [4.78, 5) is 20.6. The quantitative estimate of drug-likeness (QED) is 0.342. The monoisotopic (exact) mass is 522 g/mol. The maximum absolute atomic E-state index is 13.4. The molecule has 170 valence electrons. The zero-order valence-electron chi connectivity index (χ0n) is 16.1. The minimum Gasteiger partial charge on any atom is -0.465 e. The van der Waals surface area contributed by atoms with Gasteiger partial charge in [0.2, 0.25) is 0 Å². The molecule has 0 aliphatic heterocycles. The molecule has 1 aromatic carbocycles. The summed E-state index contributed by atoms with van der Waals surface area (Å²) in [6.07, 6.45) is -6.94. The van der Waals surface area contributed by atoms with E-state index in [2.05, 4.69) is 31.0 Å². The molecule has 0 saturated heterocycles. The predicted molar refractivity (Wildman–Crippen MR) is 102 cm³/mol. The Kier molecular flexibility index (Phi) is 6.58. The Morgan fingerprint density at radius 1 is 1.06 bits per heavy atom. The summed E-state index contributed by atoms with van der Waals surface area (Å²) in [5.74, 6) is -2.64. The minimum absolute atomic E-state index is 0.0770. The predicted octanol–water partition coefficient (Wildman–Crippen LogP) is 5.16. The van der Waals surface area contributed by atoms with E-state index in [1.807, 2.05) is 0 Å². The van der Waals surface area contributed by atoms with E-state index in [0.717, 1.165) is 16.8 Å². The number of benzene rings is 1. The second-order valence-electron chi connectivity index (χ2n) is 6.35. The Bertz CT molecular complexity index is 1090. The van der Waals surface area contributed by atoms with E-state index in [9.17, 15) is 31.1 Å². The van der Waals surface area contributed by atoms with Gasteiger partial charge < -0.3 is 4.74 Å². The molecule has 0 aliphatic carbocycles. The van der Waals surface area contributed by atoms with Crippen LogP contribution in [0.5, 0.6) is 0 Å². The number of hydrogen-bond donors (Lipinski definition) is 0. The third-order valence-corrected chi connectivity index (χ3v) is 4.59. The van der Waals surface area contributed by atoms with E-state index in [4.69, 9.17) is 4.74 Å². The first kappa shape index (κ1) is 23.7. The van der Waals surface area contributed by atoms with E-state index in [1.54, 1.807) is 0 Å². The summed E-state index contributed by atoms with van der Waals surface area (Å²) in [6.45, 7) is 1.43. The van der Waals surface area contributed by atoms with Crippen molar-refractivity contribution >= 4 is 21.9 Å². The molecule has 3 aromatic rings. The molecule has 0 N–H and O–H groups in total. The highest BCUT2D eigenvalue weighted by molar-refractivity contribution is 9.10. The van der Waals surface area contributed by atoms with Gasteiger partial charge in [0.25, 0.3) is 0 Å². The topological polar surface area (TPSA) is 69.9 Å². The molecule has 32 heavy (non-hydrogen) atoms. The number of hydrogen-bond acceptors (Lipinski definition) is 5. The van der Waals surface area contributed by atoms with Crippen LogP contribution in [0.2, 0.25) is 0 Å². The number of rotatable bonds is 5. The van der Waals surface area contributed by atoms with Crippen LogP contribution in [0.1, 0.15) is 35.6 Å². The van der Waals surface area contributed by atoms with Crippen molar-refractivity contribution < 1.29 is 35.9 Å². The number of halogens is 7. The molecule has 2 heterocycles. The van der Waals surface area contributed by atoms with Crippen LogP contribution in [0.25, 0.3) is 5.69 Å². The first-order valence-electron chi connectivity index (χ1n) is 8.90. The Morgan fingerprint density at radius 3 is 2.16 bits per heavy atom. The van der Waals surface area contributed by atoms with Crippen LogP contribution in [-0.4, -0.2) is 32.3 Å². The fourth-order valence-corrected chi connectivity index (χ4v) is 3.00. The van der Waals surface area contributed by atoms with Crippen molar-refractivity contribution in [3.63, 3.8) is 0 Å². The third-order valence-electron chi connectivity index (χ3n) is 4.18. The van der Waals surface area contributed by atoms with Gasteiger partial charge in [-0.15, -0.1) is 0 Å². The zero-order valence-corrected chi connectivity index (χ0v) is 17.7. The number of ether oxygens (including phenoxy) is 1. The number of esters is 1. The van der Waals surface area contributed by atoms with Crippen molar-refractivity contribution in [1.82, 2.24) is 19.7 Å². The molecule has 0 aliphatic rings. The number of carbonyl (C=O) groups excluding carboxylic acids is 1. The van der Waals surface area contributed by atoms with Crippen LogP contribution in [-0.2, 0) is 21.9 Å². The fraction of sp³-hybridized carbons (Fsp3) is 0.263. The van der Waals surface area contributed by atoms with E-state index < -0.39 is 35.5 Å². The van der Waals surface area contributed by atoms with Crippen molar-refractivity contribution in [1.29, 1.82) is 0 Å². The highest BCUT2D eigenvalue weighted by Gasteiger charge is 2.39. The standard InChI is InChI=1S/C19H13BrF6N4O2/c1-2-32-17(31)15(16-27-8-11(20)9-28-16)13-7-14(19(24,25)26)29-30(13)12-5-3-10(4-6-12)18(21,22)23/h3-9,15H,2H2,1H3. The molecular weight excluding hydrogens is 510 g/mol. The molecule has 0 radical (unpaired) electrons. The second-order valence-corrected chi connectivity index (χ2v) is 7.27. The molecular formula is C19H13BrF6N4O2. The second kappa shape index (κ2) is 8.88. The number of aromatic nitrogens is 4. The van der Waals surface area contributed by atoms with Gasteiger partial charge in [0.1, 0.15) is 5.82 Å². The molecule has 0 saturated carbocycles. The van der Waals surface area contributed by atoms with E-state index >= 15 is 0 Å². The summed E-state index contributed by atoms with van der Waals surface area (Å²) in [7, 11) is 0. The molecule has 0 bridgehead atoms. The van der Waals surface area contributed by atoms with Crippen molar-refractivity contribution in [3.05, 3.63) is 70.0 Å². The zero-order chi connectivity index (χ0) is 23.7. The molecule has 3 rings (SSSR count). The van der Waals surface area contributed by atoms with Gasteiger partial charge in [0.15, 0.2) is 11.6 Å². The van der Waals surface area contributed by atoms with Gasteiger partial charge in [0, 0.05) is 12.4 Å². The lowest BCUT2D eigenvalue weighted by atomic mass is 10.0. The van der Waals surface area contributed by atoms with Crippen LogP contribution in [0.4, 0.5) is 26.3 Å². The maximum atomic E-state index is 13.4. The lowest BCUT2D eigenvalue weighted by molar-refractivity contribution is -0.144. The highest BCUT2D eigenvalue weighted by atomic mass is 79.9. The Hall–Kier alpha value is -2.96. The van der Waals surface area contributed by atoms with Gasteiger partial charge in [-0.1, -0.05) is 0 Å². The number of nitrogens with zero attached hydrogens (tertiary/aromatic N) is 4. The maximum Gasteiger partial charge on any atom is 0.435 e. The summed E-state index contributed by atoms with van der Waals surface area (Å²) in [6, 6.07) is 3.91. The molecule has 0 amide bonds. The van der Waals surface area contributed by atoms with E-state index in [1.165, 1.54) is 19.3 Å². The van der Waals surface area contributed by atoms with Crippen LogP contribution in [0.15, 0.2) is 47.2 Å². The van der Waals surface area contributed by atoms with Crippen LogP contribution < -0.4 is 0 Å². The number of carbonyl (C=O) groups is 1. The van der Waals surface area contributed by atoms with Gasteiger partial charge in [-0.3, -0.25) is 4.79 Å². The van der Waals surface area contributed by atoms with E-state index in [0.29, 0.717) is 22.7 Å². The number of alkyl halides is 6. The van der Waals surface area contributed by atoms with E-state index in [-0.39, 0.29) is 23.8 Å². The summed E-state index contributed by atoms with van der Waals surface area (Å²) in [5, 5.41) is 3.49. The summed E-state index contributed by atoms with van der Waals surface area (Å²) in [5.41, 5.74) is -2.80. The average molecular weight is 523 g/mol. The molecule has 0 spiro atoms. The van der Waals surface area contributed by atoms with Crippen molar-refractivity contribution in [2.45, 2.75) is 25.2 Å². The van der Waals surface area contributed by atoms with Gasteiger partial charge in [-0.05, 0) is 53.2 Å². The summed E-state index contributed by atoms with van der Waals surface area (Å²) < 4.78 is 85.0. The third kappa shape index (κ3) is 5.09. The van der Waals surface area contributed by atoms with Crippen molar-refractivity contribution in [3.8, 4) is 5.69 Å². The van der Waals surface area contributed by atoms with Gasteiger partial charge in [0.05, 0.1) is 28.0 Å². The Balaban J connectivity index is 2.21. The largest absolute Gasteiger partial charge is 0.465 e. The van der Waals surface area contributed by atoms with Crippen LogP contribution >= 0.6 is 15.9 Å². The molecule has 2 aromatic heterocycles. The van der Waals surface area contributed by atoms with Gasteiger partial charge in [-0.2, -0.15) is 31.4 Å². The Morgan fingerprint density at radius 2 is 1.66 bits per heavy atom. The fourth-order valence-electron chi connectivity index (χ4n) is 2.79. The Labute approximate surface area is 185 Å². The van der Waals surface area contributed by atoms with Crippen LogP contribution in [0.3, 0.4) is 0 Å². The smallest absolute Gasteiger partial charge is 0.435 e. The SMILES string of the molecule is CCOC(=O)C(c1ncc(Br)cn1)c1cc(C(F)(F)F)nn1-c1ccc(C(F)(F)F)cc1. The lowest BCUT2D eigenvalue weighted by Crippen LogP contribution is -2.22. The average Bonchev–Trinajstić information content (AvgIpc) is 3.15. The van der Waals surface area contributed by atoms with Crippen LogP contribution in [0, 0.1) is 0 Å². The molecule has 1 unspecified atom stereocenters. The van der Waals surface area contributed by atoms with Crippen molar-refractivity contribution in [2.75, 3.05) is 6.61 Å². The highest BCUT2D eigenvalue weighted by Crippen LogP contribution is 2.35.